The minimum absolute atomic E-state index is 0.0258. The topological polar surface area (TPSA) is 72.9 Å². The van der Waals surface area contributed by atoms with Crippen molar-refractivity contribution in [2.45, 2.75) is 26.3 Å². The Hall–Kier alpha value is -2.30. The molecule has 0 aliphatic heterocycles. The van der Waals surface area contributed by atoms with Crippen LogP contribution >= 0.6 is 0 Å². The lowest BCUT2D eigenvalue weighted by Crippen LogP contribution is -2.35. The van der Waals surface area contributed by atoms with Gasteiger partial charge in [0.2, 0.25) is 0 Å². The van der Waals surface area contributed by atoms with E-state index in [1.165, 1.54) is 22.0 Å². The summed E-state index contributed by atoms with van der Waals surface area (Å²) in [5.74, 6) is -0.191. The van der Waals surface area contributed by atoms with Gasteiger partial charge >= 0.3 is 0 Å². The summed E-state index contributed by atoms with van der Waals surface area (Å²) in [6.45, 7) is 4.06. The Bertz CT molecular complexity index is 599. The molecule has 0 aliphatic carbocycles. The zero-order valence-corrected chi connectivity index (χ0v) is 12.1. The van der Waals surface area contributed by atoms with Gasteiger partial charge in [-0.05, 0) is 31.4 Å². The second-order valence-corrected chi connectivity index (χ2v) is 5.08. The van der Waals surface area contributed by atoms with Crippen LogP contribution in [0.4, 0.5) is 5.69 Å². The van der Waals surface area contributed by atoms with Gasteiger partial charge in [0, 0.05) is 13.1 Å². The van der Waals surface area contributed by atoms with E-state index in [0.29, 0.717) is 11.4 Å². The summed E-state index contributed by atoms with van der Waals surface area (Å²) in [4.78, 5) is 12.2. The molecule has 0 aliphatic rings. The number of nitrogens with one attached hydrogen (secondary N) is 1. The number of nitrogens with zero attached hydrogens (tertiary/aromatic N) is 2. The van der Waals surface area contributed by atoms with Crippen molar-refractivity contribution in [2.75, 3.05) is 5.73 Å². The van der Waals surface area contributed by atoms with Crippen molar-refractivity contribution < 1.29 is 4.79 Å². The number of hydrogen-bond acceptors (Lipinski definition) is 3. The van der Waals surface area contributed by atoms with Crippen molar-refractivity contribution in [1.82, 2.24) is 15.1 Å². The number of nitrogen functional groups attached to an aromatic ring is 1. The highest BCUT2D eigenvalue weighted by Gasteiger charge is 2.17. The first-order valence-corrected chi connectivity index (χ1v) is 6.62. The van der Waals surface area contributed by atoms with Crippen LogP contribution in [0.3, 0.4) is 0 Å². The van der Waals surface area contributed by atoms with E-state index in [4.69, 9.17) is 5.73 Å². The van der Waals surface area contributed by atoms with Gasteiger partial charge in [-0.15, -0.1) is 0 Å². The molecule has 5 nitrogen and oxygen atoms in total. The Labute approximate surface area is 118 Å². The number of aryl methyl sites for hydroxylation is 2. The fourth-order valence-electron chi connectivity index (χ4n) is 2.24. The molecule has 2 rings (SSSR count). The summed E-state index contributed by atoms with van der Waals surface area (Å²) in [5, 5.41) is 6.93. The van der Waals surface area contributed by atoms with Crippen LogP contribution < -0.4 is 11.1 Å². The fourth-order valence-corrected chi connectivity index (χ4v) is 2.24. The zero-order chi connectivity index (χ0) is 14.7. The Morgan fingerprint density at radius 1 is 1.45 bits per heavy atom. The van der Waals surface area contributed by atoms with Crippen LogP contribution in [0.2, 0.25) is 0 Å². The molecule has 1 aromatic heterocycles. The molecule has 0 fully saturated rings. The monoisotopic (exact) mass is 272 g/mol. The molecule has 106 valence electrons. The maximum atomic E-state index is 12.2. The van der Waals surface area contributed by atoms with E-state index in [0.717, 1.165) is 6.42 Å². The van der Waals surface area contributed by atoms with Crippen LogP contribution in [0.1, 0.15) is 28.5 Å². The van der Waals surface area contributed by atoms with E-state index in [2.05, 4.69) is 29.5 Å². The highest BCUT2D eigenvalue weighted by atomic mass is 16.2. The molecular formula is C15H20N4O. The first kappa shape index (κ1) is 14.1. The SMILES string of the molecule is Cc1ccccc1CC(C)NC(=O)c1c(N)cnn1C. The number of carbonyl (C=O) groups excluding carboxylic acids is 1. The highest BCUT2D eigenvalue weighted by molar-refractivity contribution is 5.97. The molecule has 2 aromatic rings. The van der Waals surface area contributed by atoms with E-state index in [9.17, 15) is 4.79 Å². The Morgan fingerprint density at radius 3 is 2.75 bits per heavy atom. The molecule has 20 heavy (non-hydrogen) atoms. The minimum atomic E-state index is -0.191. The molecule has 5 heteroatoms. The average Bonchev–Trinajstić information content (AvgIpc) is 2.72. The van der Waals surface area contributed by atoms with Gasteiger partial charge in [-0.25, -0.2) is 0 Å². The van der Waals surface area contributed by atoms with Gasteiger partial charge in [0.15, 0.2) is 0 Å². The van der Waals surface area contributed by atoms with Crippen LogP contribution in [0.5, 0.6) is 0 Å². The quantitative estimate of drug-likeness (QED) is 0.889. The number of aromatic nitrogens is 2. The number of carbonyl (C=O) groups is 1. The maximum absolute atomic E-state index is 12.2. The summed E-state index contributed by atoms with van der Waals surface area (Å²) in [7, 11) is 1.71. The predicted octanol–water partition coefficient (Wildman–Crippen LogP) is 1.67. The van der Waals surface area contributed by atoms with Crippen LogP contribution in [-0.4, -0.2) is 21.7 Å². The van der Waals surface area contributed by atoms with Gasteiger partial charge in [0.1, 0.15) is 5.69 Å². The van der Waals surface area contributed by atoms with E-state index < -0.39 is 0 Å². The lowest BCUT2D eigenvalue weighted by atomic mass is 10.0. The molecule has 0 saturated heterocycles. The van der Waals surface area contributed by atoms with Crippen LogP contribution in [-0.2, 0) is 13.5 Å². The molecule has 0 saturated carbocycles. The molecule has 1 unspecified atom stereocenters. The van der Waals surface area contributed by atoms with Crippen LogP contribution in [0, 0.1) is 6.92 Å². The number of benzene rings is 1. The van der Waals surface area contributed by atoms with Gasteiger partial charge in [0.05, 0.1) is 11.9 Å². The van der Waals surface area contributed by atoms with Crippen molar-refractivity contribution in [3.63, 3.8) is 0 Å². The molecule has 0 radical (unpaired) electrons. The molecule has 0 spiro atoms. The number of nitrogens with two attached hydrogens (primary N) is 1. The molecule has 1 heterocycles. The summed E-state index contributed by atoms with van der Waals surface area (Å²) >= 11 is 0. The highest BCUT2D eigenvalue weighted by Crippen LogP contribution is 2.12. The van der Waals surface area contributed by atoms with Crippen molar-refractivity contribution in [2.24, 2.45) is 7.05 Å². The van der Waals surface area contributed by atoms with Gasteiger partial charge in [-0.1, -0.05) is 24.3 Å². The standard InChI is InChI=1S/C15H20N4O/c1-10-6-4-5-7-12(10)8-11(2)18-15(20)14-13(16)9-17-19(14)3/h4-7,9,11H,8,16H2,1-3H3,(H,18,20). The Balaban J connectivity index is 2.04. The Kier molecular flexibility index (Phi) is 4.08. The number of amides is 1. The van der Waals surface area contributed by atoms with Crippen LogP contribution in [0.15, 0.2) is 30.5 Å². The fraction of sp³-hybridized carbons (Fsp3) is 0.333. The second-order valence-electron chi connectivity index (χ2n) is 5.08. The molecule has 1 aromatic carbocycles. The lowest BCUT2D eigenvalue weighted by molar-refractivity contribution is 0.0931. The molecule has 3 N–H and O–H groups in total. The first-order valence-electron chi connectivity index (χ1n) is 6.62. The van der Waals surface area contributed by atoms with Crippen molar-refractivity contribution >= 4 is 11.6 Å². The van der Waals surface area contributed by atoms with Gasteiger partial charge in [-0.2, -0.15) is 5.10 Å². The Morgan fingerprint density at radius 2 is 2.15 bits per heavy atom. The smallest absolute Gasteiger partial charge is 0.271 e. The number of anilines is 1. The largest absolute Gasteiger partial charge is 0.396 e. The van der Waals surface area contributed by atoms with Gasteiger partial charge in [-0.3, -0.25) is 9.48 Å². The number of hydrogen-bond donors (Lipinski definition) is 2. The second kappa shape index (κ2) is 5.77. The normalized spacial score (nSPS) is 12.2. The lowest BCUT2D eigenvalue weighted by Gasteiger charge is -2.15. The van der Waals surface area contributed by atoms with E-state index in [1.807, 2.05) is 19.1 Å². The molecular weight excluding hydrogens is 252 g/mol. The third-order valence-electron chi connectivity index (χ3n) is 3.35. The third kappa shape index (κ3) is 2.99. The summed E-state index contributed by atoms with van der Waals surface area (Å²) in [6.07, 6.45) is 2.27. The molecule has 1 atom stereocenters. The molecule has 0 bridgehead atoms. The predicted molar refractivity (Wildman–Crippen MR) is 79.4 cm³/mol. The summed E-state index contributed by atoms with van der Waals surface area (Å²) < 4.78 is 1.49. The zero-order valence-electron chi connectivity index (χ0n) is 12.1. The summed E-state index contributed by atoms with van der Waals surface area (Å²) in [5.41, 5.74) is 9.02. The maximum Gasteiger partial charge on any atom is 0.271 e. The third-order valence-corrected chi connectivity index (χ3v) is 3.35. The van der Waals surface area contributed by atoms with Crippen molar-refractivity contribution in [1.29, 1.82) is 0 Å². The molecule has 1 amide bonds. The van der Waals surface area contributed by atoms with E-state index >= 15 is 0 Å². The minimum Gasteiger partial charge on any atom is -0.396 e. The van der Waals surface area contributed by atoms with Crippen LogP contribution in [0.25, 0.3) is 0 Å². The number of rotatable bonds is 4. The average molecular weight is 272 g/mol. The van der Waals surface area contributed by atoms with E-state index in [1.54, 1.807) is 7.05 Å². The van der Waals surface area contributed by atoms with Crippen molar-refractivity contribution in [3.05, 3.63) is 47.3 Å². The van der Waals surface area contributed by atoms with Crippen molar-refractivity contribution in [3.8, 4) is 0 Å². The van der Waals surface area contributed by atoms with Gasteiger partial charge < -0.3 is 11.1 Å². The first-order chi connectivity index (χ1) is 9.49. The van der Waals surface area contributed by atoms with E-state index in [-0.39, 0.29) is 11.9 Å². The summed E-state index contributed by atoms with van der Waals surface area (Å²) in [6, 6.07) is 8.20. The van der Waals surface area contributed by atoms with Gasteiger partial charge in [0.25, 0.3) is 5.91 Å².